The van der Waals surface area contributed by atoms with E-state index in [4.69, 9.17) is 4.74 Å². The molecule has 1 amide bonds. The van der Waals surface area contributed by atoms with Crippen molar-refractivity contribution < 1.29 is 9.53 Å². The van der Waals surface area contributed by atoms with Gasteiger partial charge >= 0.3 is 6.09 Å². The van der Waals surface area contributed by atoms with Crippen LogP contribution < -0.4 is 10.6 Å². The van der Waals surface area contributed by atoms with E-state index in [0.717, 1.165) is 18.5 Å². The molecule has 1 saturated carbocycles. The minimum atomic E-state index is -0.434. The van der Waals surface area contributed by atoms with Gasteiger partial charge in [0.1, 0.15) is 5.60 Å². The number of ether oxygens (including phenoxy) is 1. The van der Waals surface area contributed by atoms with E-state index in [1.165, 1.54) is 32.4 Å². The quantitative estimate of drug-likeness (QED) is 0.787. The van der Waals surface area contributed by atoms with Crippen molar-refractivity contribution in [3.8, 4) is 0 Å². The molecule has 1 aliphatic carbocycles. The molecular formula is C16H31N3O2. The first-order valence-electron chi connectivity index (χ1n) is 8.28. The van der Waals surface area contributed by atoms with Gasteiger partial charge in [-0.3, -0.25) is 0 Å². The summed E-state index contributed by atoms with van der Waals surface area (Å²) in [4.78, 5) is 14.2. The van der Waals surface area contributed by atoms with Crippen LogP contribution in [0.3, 0.4) is 0 Å². The van der Waals surface area contributed by atoms with Crippen molar-refractivity contribution in [2.24, 2.45) is 5.92 Å². The monoisotopic (exact) mass is 297 g/mol. The second-order valence-electron chi connectivity index (χ2n) is 7.57. The Balaban J connectivity index is 1.55. The molecule has 0 aromatic heterocycles. The summed E-state index contributed by atoms with van der Waals surface area (Å²) in [5, 5.41) is 6.34. The molecule has 2 fully saturated rings. The molecule has 122 valence electrons. The van der Waals surface area contributed by atoms with Gasteiger partial charge in [0.25, 0.3) is 0 Å². The maximum Gasteiger partial charge on any atom is 0.407 e. The smallest absolute Gasteiger partial charge is 0.407 e. The standard InChI is InChI=1S/C16H31N3O2/c1-12(9-18-15(20)21-16(2,3)4)17-10-13-7-8-19(11-13)14-5-6-14/h12-14,17H,5-11H2,1-4H3,(H,18,20). The zero-order chi connectivity index (χ0) is 15.5. The lowest BCUT2D eigenvalue weighted by molar-refractivity contribution is 0.0523. The first kappa shape index (κ1) is 16.6. The largest absolute Gasteiger partial charge is 0.444 e. The van der Waals surface area contributed by atoms with Crippen LogP contribution in [0.4, 0.5) is 4.79 Å². The predicted molar refractivity (Wildman–Crippen MR) is 84.4 cm³/mol. The molecule has 21 heavy (non-hydrogen) atoms. The Kier molecular flexibility index (Phi) is 5.49. The van der Waals surface area contributed by atoms with E-state index in [2.05, 4.69) is 22.5 Å². The first-order chi connectivity index (χ1) is 9.83. The number of alkyl carbamates (subject to hydrolysis) is 1. The number of rotatable bonds is 6. The van der Waals surface area contributed by atoms with Gasteiger partial charge < -0.3 is 20.3 Å². The lowest BCUT2D eigenvalue weighted by atomic mass is 10.1. The van der Waals surface area contributed by atoms with Crippen molar-refractivity contribution in [3.05, 3.63) is 0 Å². The number of likely N-dealkylation sites (tertiary alicyclic amines) is 1. The Labute approximate surface area is 128 Å². The highest BCUT2D eigenvalue weighted by Crippen LogP contribution is 2.31. The summed E-state index contributed by atoms with van der Waals surface area (Å²) < 4.78 is 5.23. The van der Waals surface area contributed by atoms with E-state index in [1.807, 2.05) is 20.8 Å². The van der Waals surface area contributed by atoms with Gasteiger partial charge in [-0.2, -0.15) is 0 Å². The summed E-state index contributed by atoms with van der Waals surface area (Å²) in [6.07, 6.45) is 3.76. The topological polar surface area (TPSA) is 53.6 Å². The second-order valence-corrected chi connectivity index (χ2v) is 7.57. The molecule has 0 bridgehead atoms. The van der Waals surface area contributed by atoms with Crippen molar-refractivity contribution in [1.29, 1.82) is 0 Å². The zero-order valence-electron chi connectivity index (χ0n) is 13.9. The third-order valence-corrected chi connectivity index (χ3v) is 4.09. The van der Waals surface area contributed by atoms with Crippen molar-refractivity contribution in [2.45, 2.75) is 64.6 Å². The average Bonchev–Trinajstić information content (AvgIpc) is 3.11. The molecule has 0 radical (unpaired) electrons. The maximum atomic E-state index is 11.6. The number of nitrogens with zero attached hydrogens (tertiary/aromatic N) is 1. The third kappa shape index (κ3) is 6.22. The number of nitrogens with one attached hydrogen (secondary N) is 2. The Bertz CT molecular complexity index is 350. The molecule has 2 aliphatic rings. The van der Waals surface area contributed by atoms with Gasteiger partial charge in [0.05, 0.1) is 0 Å². The molecule has 1 heterocycles. The fourth-order valence-electron chi connectivity index (χ4n) is 2.79. The van der Waals surface area contributed by atoms with E-state index in [0.29, 0.717) is 6.54 Å². The summed E-state index contributed by atoms with van der Waals surface area (Å²) in [6, 6.07) is 1.16. The third-order valence-electron chi connectivity index (χ3n) is 4.09. The molecule has 5 nitrogen and oxygen atoms in total. The summed E-state index contributed by atoms with van der Waals surface area (Å²) in [5.74, 6) is 0.759. The molecule has 2 unspecified atom stereocenters. The molecule has 0 spiro atoms. The highest BCUT2D eigenvalue weighted by molar-refractivity contribution is 5.67. The van der Waals surface area contributed by atoms with Gasteiger partial charge in [-0.15, -0.1) is 0 Å². The van der Waals surface area contributed by atoms with Gasteiger partial charge in [0.2, 0.25) is 0 Å². The average molecular weight is 297 g/mol. The zero-order valence-corrected chi connectivity index (χ0v) is 13.9. The lowest BCUT2D eigenvalue weighted by Gasteiger charge is -2.22. The van der Waals surface area contributed by atoms with Gasteiger partial charge in [0.15, 0.2) is 0 Å². The molecular weight excluding hydrogens is 266 g/mol. The fourth-order valence-corrected chi connectivity index (χ4v) is 2.79. The lowest BCUT2D eigenvalue weighted by Crippen LogP contribution is -2.42. The van der Waals surface area contributed by atoms with E-state index in [-0.39, 0.29) is 12.1 Å². The second kappa shape index (κ2) is 6.97. The summed E-state index contributed by atoms with van der Waals surface area (Å²) in [6.45, 7) is 11.9. The number of hydrogen-bond acceptors (Lipinski definition) is 4. The van der Waals surface area contributed by atoms with Gasteiger partial charge in [0, 0.05) is 25.2 Å². The normalized spacial score (nSPS) is 24.9. The van der Waals surface area contributed by atoms with Crippen molar-refractivity contribution in [3.63, 3.8) is 0 Å². The van der Waals surface area contributed by atoms with Crippen molar-refractivity contribution in [2.75, 3.05) is 26.2 Å². The van der Waals surface area contributed by atoms with E-state index in [1.54, 1.807) is 0 Å². The van der Waals surface area contributed by atoms with Crippen LogP contribution in [0.15, 0.2) is 0 Å². The van der Waals surface area contributed by atoms with Gasteiger partial charge in [-0.1, -0.05) is 0 Å². The maximum absolute atomic E-state index is 11.6. The minimum absolute atomic E-state index is 0.271. The summed E-state index contributed by atoms with van der Waals surface area (Å²) in [7, 11) is 0. The van der Waals surface area contributed by atoms with Crippen LogP contribution in [-0.4, -0.2) is 54.9 Å². The molecule has 1 aliphatic heterocycles. The van der Waals surface area contributed by atoms with E-state index < -0.39 is 5.60 Å². The van der Waals surface area contributed by atoms with Gasteiger partial charge in [-0.25, -0.2) is 4.79 Å². The summed E-state index contributed by atoms with van der Waals surface area (Å²) >= 11 is 0. The first-order valence-corrected chi connectivity index (χ1v) is 8.28. The SMILES string of the molecule is CC(CNC(=O)OC(C)(C)C)NCC1CCN(C2CC2)C1. The fraction of sp³-hybridized carbons (Fsp3) is 0.938. The van der Waals surface area contributed by atoms with Crippen LogP contribution in [0.2, 0.25) is 0 Å². The number of carbonyl (C=O) groups excluding carboxylic acids is 1. The Morgan fingerprint density at radius 1 is 1.33 bits per heavy atom. The van der Waals surface area contributed by atoms with Crippen LogP contribution in [0.25, 0.3) is 0 Å². The molecule has 2 N–H and O–H groups in total. The molecule has 2 atom stereocenters. The molecule has 0 aromatic rings. The Morgan fingerprint density at radius 2 is 2.05 bits per heavy atom. The molecule has 2 rings (SSSR count). The van der Waals surface area contributed by atoms with E-state index >= 15 is 0 Å². The Morgan fingerprint density at radius 3 is 2.67 bits per heavy atom. The van der Waals surface area contributed by atoms with Gasteiger partial charge in [-0.05, 0) is 66.0 Å². The highest BCUT2D eigenvalue weighted by atomic mass is 16.6. The molecule has 1 saturated heterocycles. The van der Waals surface area contributed by atoms with Crippen LogP contribution in [0.5, 0.6) is 0 Å². The highest BCUT2D eigenvalue weighted by Gasteiger charge is 2.34. The Hall–Kier alpha value is -0.810. The number of carbonyl (C=O) groups is 1. The predicted octanol–water partition coefficient (Wildman–Crippen LogP) is 1.97. The van der Waals surface area contributed by atoms with Crippen LogP contribution >= 0.6 is 0 Å². The van der Waals surface area contributed by atoms with Crippen molar-refractivity contribution >= 4 is 6.09 Å². The van der Waals surface area contributed by atoms with E-state index in [9.17, 15) is 4.79 Å². The van der Waals surface area contributed by atoms with Crippen LogP contribution in [0, 0.1) is 5.92 Å². The summed E-state index contributed by atoms with van der Waals surface area (Å²) in [5.41, 5.74) is -0.434. The number of hydrogen-bond donors (Lipinski definition) is 2. The molecule has 0 aromatic carbocycles. The molecule has 5 heteroatoms. The minimum Gasteiger partial charge on any atom is -0.444 e. The van der Waals surface area contributed by atoms with Crippen molar-refractivity contribution in [1.82, 2.24) is 15.5 Å². The van der Waals surface area contributed by atoms with Crippen LogP contribution in [0.1, 0.15) is 47.0 Å². The van der Waals surface area contributed by atoms with Crippen LogP contribution in [-0.2, 0) is 4.74 Å². The number of amides is 1.